The molecule has 0 radical (unpaired) electrons. The van der Waals surface area contributed by atoms with Crippen LogP contribution in [0.1, 0.15) is 11.3 Å². The Morgan fingerprint density at radius 3 is 2.94 bits per heavy atom. The molecule has 2 heterocycles. The number of thioether (sulfide) groups is 1. The summed E-state index contributed by atoms with van der Waals surface area (Å²) in [7, 11) is 0. The Morgan fingerprint density at radius 1 is 1.56 bits per heavy atom. The van der Waals surface area contributed by atoms with Gasteiger partial charge in [0.05, 0.1) is 12.2 Å². The summed E-state index contributed by atoms with van der Waals surface area (Å²) in [5, 5.41) is 9.93. The molecule has 0 saturated heterocycles. The van der Waals surface area contributed by atoms with E-state index in [4.69, 9.17) is 16.7 Å². The third-order valence-electron chi connectivity index (χ3n) is 2.45. The standard InChI is InChI=1S/C9H10ClN3O2S/c1-16-8-11-6-4-13(9(14)15)3-2-5(6)7(10)12-8/h2-4H2,1H3,(H,14,15). The van der Waals surface area contributed by atoms with Crippen molar-refractivity contribution in [1.29, 1.82) is 0 Å². The number of carbonyl (C=O) groups is 1. The van der Waals surface area contributed by atoms with Gasteiger partial charge in [0.2, 0.25) is 0 Å². The first kappa shape index (κ1) is 11.5. The van der Waals surface area contributed by atoms with Crippen LogP contribution in [0.15, 0.2) is 5.16 Å². The number of aromatic nitrogens is 2. The molecule has 1 aliphatic rings. The van der Waals surface area contributed by atoms with E-state index >= 15 is 0 Å². The van der Waals surface area contributed by atoms with Gasteiger partial charge in [-0.1, -0.05) is 23.4 Å². The molecular formula is C9H10ClN3O2S. The molecule has 0 fully saturated rings. The zero-order valence-electron chi connectivity index (χ0n) is 8.60. The van der Waals surface area contributed by atoms with Crippen molar-refractivity contribution in [3.63, 3.8) is 0 Å². The Kier molecular flexibility index (Phi) is 3.20. The zero-order chi connectivity index (χ0) is 11.7. The smallest absolute Gasteiger partial charge is 0.407 e. The van der Waals surface area contributed by atoms with E-state index in [9.17, 15) is 4.79 Å². The first-order chi connectivity index (χ1) is 7.61. The molecule has 16 heavy (non-hydrogen) atoms. The Balaban J connectivity index is 2.36. The van der Waals surface area contributed by atoms with Crippen molar-refractivity contribution < 1.29 is 9.90 Å². The molecule has 1 aromatic heterocycles. The van der Waals surface area contributed by atoms with E-state index in [2.05, 4.69) is 9.97 Å². The summed E-state index contributed by atoms with van der Waals surface area (Å²) in [5.41, 5.74) is 1.59. The van der Waals surface area contributed by atoms with Crippen molar-refractivity contribution in [2.75, 3.05) is 12.8 Å². The molecule has 1 amide bonds. The van der Waals surface area contributed by atoms with Gasteiger partial charge in [0.25, 0.3) is 0 Å². The Hall–Kier alpha value is -1.01. The normalized spacial score (nSPS) is 14.8. The van der Waals surface area contributed by atoms with Crippen LogP contribution in [0.3, 0.4) is 0 Å². The highest BCUT2D eigenvalue weighted by molar-refractivity contribution is 7.98. The van der Waals surface area contributed by atoms with Gasteiger partial charge < -0.3 is 10.0 Å². The van der Waals surface area contributed by atoms with Crippen molar-refractivity contribution in [3.05, 3.63) is 16.4 Å². The van der Waals surface area contributed by atoms with Crippen LogP contribution < -0.4 is 0 Å². The topological polar surface area (TPSA) is 66.3 Å². The molecule has 7 heteroatoms. The molecule has 0 saturated carbocycles. The van der Waals surface area contributed by atoms with E-state index in [1.165, 1.54) is 16.7 Å². The molecule has 1 N–H and O–H groups in total. The second-order valence-electron chi connectivity index (χ2n) is 3.38. The predicted octanol–water partition coefficient (Wildman–Crippen LogP) is 1.89. The van der Waals surface area contributed by atoms with Gasteiger partial charge in [-0.3, -0.25) is 0 Å². The molecule has 0 aromatic carbocycles. The lowest BCUT2D eigenvalue weighted by Gasteiger charge is -2.25. The van der Waals surface area contributed by atoms with Gasteiger partial charge in [0.1, 0.15) is 5.15 Å². The van der Waals surface area contributed by atoms with E-state index in [1.54, 1.807) is 0 Å². The third-order valence-corrected chi connectivity index (χ3v) is 3.31. The SMILES string of the molecule is CSc1nc(Cl)c2c(n1)CN(C(=O)O)CC2. The second kappa shape index (κ2) is 4.47. The van der Waals surface area contributed by atoms with Crippen LogP contribution in [0.5, 0.6) is 0 Å². The summed E-state index contributed by atoms with van der Waals surface area (Å²) in [6.07, 6.45) is 1.51. The summed E-state index contributed by atoms with van der Waals surface area (Å²) in [4.78, 5) is 20.6. The molecule has 1 aliphatic heterocycles. The molecule has 2 rings (SSSR count). The van der Waals surface area contributed by atoms with Gasteiger partial charge in [0, 0.05) is 12.1 Å². The maximum Gasteiger partial charge on any atom is 0.407 e. The molecule has 1 aromatic rings. The number of hydrogen-bond donors (Lipinski definition) is 1. The Morgan fingerprint density at radius 2 is 2.31 bits per heavy atom. The van der Waals surface area contributed by atoms with Gasteiger partial charge >= 0.3 is 6.09 Å². The number of halogens is 1. The van der Waals surface area contributed by atoms with Gasteiger partial charge in [0.15, 0.2) is 5.16 Å². The third kappa shape index (κ3) is 2.08. The fourth-order valence-corrected chi connectivity index (χ4v) is 2.34. The van der Waals surface area contributed by atoms with Gasteiger partial charge in [-0.2, -0.15) is 0 Å². The lowest BCUT2D eigenvalue weighted by atomic mass is 10.1. The van der Waals surface area contributed by atoms with Crippen LogP contribution in [-0.4, -0.2) is 38.9 Å². The first-order valence-corrected chi connectivity index (χ1v) is 6.29. The molecule has 0 bridgehead atoms. The number of fused-ring (bicyclic) bond motifs is 1. The zero-order valence-corrected chi connectivity index (χ0v) is 10.2. The first-order valence-electron chi connectivity index (χ1n) is 4.69. The lowest BCUT2D eigenvalue weighted by Crippen LogP contribution is -2.35. The molecule has 86 valence electrons. The summed E-state index contributed by atoms with van der Waals surface area (Å²) in [5.74, 6) is 0. The van der Waals surface area contributed by atoms with Crippen molar-refractivity contribution >= 4 is 29.5 Å². The maximum absolute atomic E-state index is 10.8. The van der Waals surface area contributed by atoms with E-state index < -0.39 is 6.09 Å². The van der Waals surface area contributed by atoms with Crippen molar-refractivity contribution in [1.82, 2.24) is 14.9 Å². The minimum atomic E-state index is -0.925. The monoisotopic (exact) mass is 259 g/mol. The quantitative estimate of drug-likeness (QED) is 0.474. The molecular weight excluding hydrogens is 250 g/mol. The van der Waals surface area contributed by atoms with E-state index in [0.717, 1.165) is 11.3 Å². The predicted molar refractivity (Wildman–Crippen MR) is 61.0 cm³/mol. The largest absolute Gasteiger partial charge is 0.465 e. The average Bonchev–Trinajstić information content (AvgIpc) is 2.28. The number of rotatable bonds is 1. The lowest BCUT2D eigenvalue weighted by molar-refractivity contribution is 0.139. The highest BCUT2D eigenvalue weighted by Crippen LogP contribution is 2.25. The van der Waals surface area contributed by atoms with Gasteiger partial charge in [-0.25, -0.2) is 14.8 Å². The van der Waals surface area contributed by atoms with Crippen LogP contribution in [0.2, 0.25) is 5.15 Å². The fourth-order valence-electron chi connectivity index (χ4n) is 1.62. The van der Waals surface area contributed by atoms with Gasteiger partial charge in [-0.05, 0) is 12.7 Å². The van der Waals surface area contributed by atoms with E-state index in [-0.39, 0.29) is 0 Å². The summed E-state index contributed by atoms with van der Waals surface area (Å²) in [6.45, 7) is 0.741. The number of hydrogen-bond acceptors (Lipinski definition) is 4. The average molecular weight is 260 g/mol. The Bertz CT molecular complexity index is 441. The van der Waals surface area contributed by atoms with Crippen molar-refractivity contribution in [2.45, 2.75) is 18.1 Å². The maximum atomic E-state index is 10.8. The highest BCUT2D eigenvalue weighted by atomic mass is 35.5. The van der Waals surface area contributed by atoms with Crippen LogP contribution in [-0.2, 0) is 13.0 Å². The number of amides is 1. The minimum absolute atomic E-state index is 0.292. The van der Waals surface area contributed by atoms with Crippen LogP contribution in [0, 0.1) is 0 Å². The van der Waals surface area contributed by atoms with Crippen LogP contribution in [0.25, 0.3) is 0 Å². The molecule has 5 nitrogen and oxygen atoms in total. The summed E-state index contributed by atoms with van der Waals surface area (Å²) in [6, 6.07) is 0. The number of carboxylic acid groups (broad SMARTS) is 1. The minimum Gasteiger partial charge on any atom is -0.465 e. The highest BCUT2D eigenvalue weighted by Gasteiger charge is 2.24. The molecule has 0 spiro atoms. The van der Waals surface area contributed by atoms with E-state index in [0.29, 0.717) is 29.8 Å². The van der Waals surface area contributed by atoms with Gasteiger partial charge in [-0.15, -0.1) is 0 Å². The second-order valence-corrected chi connectivity index (χ2v) is 4.51. The molecule has 0 unspecified atom stereocenters. The number of nitrogens with zero attached hydrogens (tertiary/aromatic N) is 3. The molecule has 0 atom stereocenters. The Labute approximate surface area is 102 Å². The van der Waals surface area contributed by atoms with Crippen LogP contribution >= 0.6 is 23.4 Å². The van der Waals surface area contributed by atoms with Crippen molar-refractivity contribution in [2.24, 2.45) is 0 Å². The van der Waals surface area contributed by atoms with Crippen molar-refractivity contribution in [3.8, 4) is 0 Å². The van der Waals surface area contributed by atoms with E-state index in [1.807, 2.05) is 6.26 Å². The summed E-state index contributed by atoms with van der Waals surface area (Å²) < 4.78 is 0. The fraction of sp³-hybridized carbons (Fsp3) is 0.444. The van der Waals surface area contributed by atoms with Crippen LogP contribution in [0.4, 0.5) is 4.79 Å². The summed E-state index contributed by atoms with van der Waals surface area (Å²) >= 11 is 7.42. The molecule has 0 aliphatic carbocycles.